The summed E-state index contributed by atoms with van der Waals surface area (Å²) in [6.45, 7) is 7.60. The zero-order valence-corrected chi connectivity index (χ0v) is 26.3. The van der Waals surface area contributed by atoms with Crippen LogP contribution >= 0.6 is 0 Å². The first-order chi connectivity index (χ1) is 18.4. The van der Waals surface area contributed by atoms with Crippen LogP contribution in [-0.2, 0) is 4.74 Å². The molecular formula is C36H73O. The van der Waals surface area contributed by atoms with E-state index in [1.165, 1.54) is 199 Å². The highest BCUT2D eigenvalue weighted by Gasteiger charge is 1.97. The highest BCUT2D eigenvalue weighted by Crippen LogP contribution is 2.16. The summed E-state index contributed by atoms with van der Waals surface area (Å²) in [5.41, 5.74) is 0. The van der Waals surface area contributed by atoms with Gasteiger partial charge in [-0.2, -0.15) is 0 Å². The lowest BCUT2D eigenvalue weighted by molar-refractivity contribution is 0.183. The Morgan fingerprint density at radius 2 is 0.541 bits per heavy atom. The Labute approximate surface area is 237 Å². The maximum Gasteiger partial charge on any atom is 0.0836 e. The Hall–Kier alpha value is -0.0400. The van der Waals surface area contributed by atoms with Gasteiger partial charge < -0.3 is 4.74 Å². The van der Waals surface area contributed by atoms with Crippen molar-refractivity contribution >= 4 is 0 Å². The molecule has 0 spiro atoms. The first kappa shape index (κ1) is 37.0. The highest BCUT2D eigenvalue weighted by atomic mass is 16.5. The van der Waals surface area contributed by atoms with Gasteiger partial charge in [0.1, 0.15) is 0 Å². The van der Waals surface area contributed by atoms with Gasteiger partial charge in [-0.3, -0.25) is 0 Å². The van der Waals surface area contributed by atoms with Gasteiger partial charge in [0.25, 0.3) is 0 Å². The van der Waals surface area contributed by atoms with Crippen molar-refractivity contribution in [2.45, 2.75) is 219 Å². The largest absolute Gasteiger partial charge is 0.376 e. The second-order valence-corrected chi connectivity index (χ2v) is 12.1. The van der Waals surface area contributed by atoms with Gasteiger partial charge in [0, 0.05) is 6.61 Å². The molecule has 223 valence electrons. The Balaban J connectivity index is 3.00. The van der Waals surface area contributed by atoms with E-state index in [-0.39, 0.29) is 0 Å². The van der Waals surface area contributed by atoms with Crippen molar-refractivity contribution in [3.05, 3.63) is 6.61 Å². The van der Waals surface area contributed by atoms with Crippen LogP contribution < -0.4 is 0 Å². The SMILES string of the molecule is CCCCCCCCCCCCCCCCCCCCCCCCCCC[CH]OCCCCCCCC. The van der Waals surface area contributed by atoms with Crippen LogP contribution in [0.4, 0.5) is 0 Å². The van der Waals surface area contributed by atoms with E-state index in [2.05, 4.69) is 20.5 Å². The molecule has 0 aliphatic rings. The Bertz CT molecular complexity index is 332. The Kier molecular flexibility index (Phi) is 35.9. The molecule has 0 saturated carbocycles. The minimum absolute atomic E-state index is 0.936. The zero-order chi connectivity index (χ0) is 26.7. The fourth-order valence-corrected chi connectivity index (χ4v) is 5.50. The third kappa shape index (κ3) is 36.0. The second kappa shape index (κ2) is 36.0. The van der Waals surface area contributed by atoms with Crippen LogP contribution in [0.3, 0.4) is 0 Å². The zero-order valence-electron chi connectivity index (χ0n) is 26.3. The standard InChI is InChI=1S/C36H73O/c1-3-5-7-9-11-12-13-14-15-16-17-18-19-20-21-22-23-24-25-26-27-28-29-30-32-34-36-37-35-33-31-10-8-6-4-2/h36H,3-35H2,1-2H3. The second-order valence-electron chi connectivity index (χ2n) is 12.1. The van der Waals surface area contributed by atoms with Gasteiger partial charge in [-0.05, 0) is 12.8 Å². The van der Waals surface area contributed by atoms with E-state index in [1.54, 1.807) is 0 Å². The molecule has 0 amide bonds. The lowest BCUT2D eigenvalue weighted by atomic mass is 10.0. The van der Waals surface area contributed by atoms with Gasteiger partial charge >= 0.3 is 0 Å². The number of ether oxygens (including phenoxy) is 1. The van der Waals surface area contributed by atoms with Gasteiger partial charge in [-0.15, -0.1) is 0 Å². The predicted molar refractivity (Wildman–Crippen MR) is 169 cm³/mol. The van der Waals surface area contributed by atoms with Gasteiger partial charge in [0.15, 0.2) is 0 Å². The molecule has 0 atom stereocenters. The first-order valence-electron chi connectivity index (χ1n) is 17.8. The molecule has 0 bridgehead atoms. The molecule has 0 aliphatic carbocycles. The van der Waals surface area contributed by atoms with Crippen molar-refractivity contribution in [3.63, 3.8) is 0 Å². The fraction of sp³-hybridized carbons (Fsp3) is 0.972. The van der Waals surface area contributed by atoms with E-state index in [1.807, 2.05) is 0 Å². The molecule has 0 heterocycles. The highest BCUT2D eigenvalue weighted by molar-refractivity contribution is 4.55. The molecule has 0 unspecified atom stereocenters. The summed E-state index contributed by atoms with van der Waals surface area (Å²) in [4.78, 5) is 0. The fourth-order valence-electron chi connectivity index (χ4n) is 5.50. The molecule has 0 aromatic carbocycles. The van der Waals surface area contributed by atoms with E-state index in [9.17, 15) is 0 Å². The maximum absolute atomic E-state index is 5.67. The lowest BCUT2D eigenvalue weighted by Crippen LogP contribution is -1.92. The molecular weight excluding hydrogens is 448 g/mol. The molecule has 0 fully saturated rings. The third-order valence-corrected chi connectivity index (χ3v) is 8.16. The third-order valence-electron chi connectivity index (χ3n) is 8.16. The Morgan fingerprint density at radius 3 is 0.838 bits per heavy atom. The molecule has 0 aromatic rings. The number of hydrogen-bond acceptors (Lipinski definition) is 1. The minimum Gasteiger partial charge on any atom is -0.376 e. The summed E-state index contributed by atoms with van der Waals surface area (Å²) in [6, 6.07) is 0. The molecule has 0 aromatic heterocycles. The summed E-state index contributed by atoms with van der Waals surface area (Å²) in [5, 5.41) is 0. The van der Waals surface area contributed by atoms with Crippen LogP contribution in [-0.4, -0.2) is 6.61 Å². The molecule has 0 aliphatic heterocycles. The van der Waals surface area contributed by atoms with Crippen molar-refractivity contribution in [3.8, 4) is 0 Å². The van der Waals surface area contributed by atoms with E-state index < -0.39 is 0 Å². The Morgan fingerprint density at radius 1 is 0.297 bits per heavy atom. The normalized spacial score (nSPS) is 11.5. The van der Waals surface area contributed by atoms with Crippen LogP contribution in [0.5, 0.6) is 0 Å². The van der Waals surface area contributed by atoms with Gasteiger partial charge in [0.2, 0.25) is 0 Å². The number of unbranched alkanes of at least 4 members (excludes halogenated alkanes) is 30. The molecule has 0 N–H and O–H groups in total. The summed E-state index contributed by atoms with van der Waals surface area (Å²) in [6.07, 6.45) is 45.7. The summed E-state index contributed by atoms with van der Waals surface area (Å²) in [7, 11) is 0. The van der Waals surface area contributed by atoms with Crippen molar-refractivity contribution < 1.29 is 4.74 Å². The van der Waals surface area contributed by atoms with E-state index >= 15 is 0 Å². The smallest absolute Gasteiger partial charge is 0.0836 e. The van der Waals surface area contributed by atoms with Crippen molar-refractivity contribution in [2.24, 2.45) is 0 Å². The average Bonchev–Trinajstić information content (AvgIpc) is 2.91. The topological polar surface area (TPSA) is 9.23 Å². The van der Waals surface area contributed by atoms with Crippen LogP contribution in [0, 0.1) is 6.61 Å². The molecule has 1 nitrogen and oxygen atoms in total. The molecule has 0 rings (SSSR count). The lowest BCUT2D eigenvalue weighted by Gasteiger charge is -2.05. The summed E-state index contributed by atoms with van der Waals surface area (Å²) in [5.74, 6) is 0. The van der Waals surface area contributed by atoms with Gasteiger partial charge in [0.05, 0.1) is 6.61 Å². The molecule has 1 heteroatoms. The number of rotatable bonds is 34. The van der Waals surface area contributed by atoms with Crippen molar-refractivity contribution in [2.75, 3.05) is 6.61 Å². The van der Waals surface area contributed by atoms with E-state index in [0.717, 1.165) is 13.0 Å². The van der Waals surface area contributed by atoms with Gasteiger partial charge in [-0.1, -0.05) is 206 Å². The minimum atomic E-state index is 0.936. The van der Waals surface area contributed by atoms with Gasteiger partial charge in [-0.25, -0.2) is 0 Å². The molecule has 37 heavy (non-hydrogen) atoms. The average molecular weight is 522 g/mol. The van der Waals surface area contributed by atoms with Crippen LogP contribution in [0.15, 0.2) is 0 Å². The summed E-state index contributed by atoms with van der Waals surface area (Å²) < 4.78 is 5.67. The maximum atomic E-state index is 5.67. The first-order valence-corrected chi connectivity index (χ1v) is 17.8. The summed E-state index contributed by atoms with van der Waals surface area (Å²) >= 11 is 0. The molecule has 1 radical (unpaired) electrons. The van der Waals surface area contributed by atoms with E-state index in [0.29, 0.717) is 0 Å². The predicted octanol–water partition coefficient (Wildman–Crippen LogP) is 13.7. The van der Waals surface area contributed by atoms with Crippen LogP contribution in [0.25, 0.3) is 0 Å². The quantitative estimate of drug-likeness (QED) is 0.0765. The van der Waals surface area contributed by atoms with Crippen molar-refractivity contribution in [1.82, 2.24) is 0 Å². The van der Waals surface area contributed by atoms with Crippen LogP contribution in [0.1, 0.15) is 219 Å². The number of hydrogen-bond donors (Lipinski definition) is 0. The monoisotopic (exact) mass is 522 g/mol. The van der Waals surface area contributed by atoms with Crippen molar-refractivity contribution in [1.29, 1.82) is 0 Å². The molecule has 0 saturated heterocycles. The van der Waals surface area contributed by atoms with E-state index in [4.69, 9.17) is 4.74 Å². The van der Waals surface area contributed by atoms with Crippen LogP contribution in [0.2, 0.25) is 0 Å².